The number of nitrogens with one attached hydrogen (secondary N) is 2. The van der Waals surface area contributed by atoms with Crippen molar-refractivity contribution in [3.8, 4) is 0 Å². The second-order valence-electron chi connectivity index (χ2n) is 8.32. The fourth-order valence-electron chi connectivity index (χ4n) is 4.64. The van der Waals surface area contributed by atoms with Crippen LogP contribution in [0.2, 0.25) is 0 Å². The second kappa shape index (κ2) is 6.68. The number of ketones is 1. The molecule has 2 unspecified atom stereocenters. The number of hydrogen-bond acceptors (Lipinski definition) is 6. The average molecular weight is 386 g/mol. The highest BCUT2D eigenvalue weighted by Gasteiger charge is 2.76. The minimum atomic E-state index is -1.10. The first-order chi connectivity index (χ1) is 13.1. The third-order valence-electron chi connectivity index (χ3n) is 6.87. The minimum Gasteiger partial charge on any atom is -0.355 e. The number of anilines is 1. The summed E-state index contributed by atoms with van der Waals surface area (Å²) in [6.45, 7) is 8.44. The van der Waals surface area contributed by atoms with Crippen LogP contribution in [0, 0.1) is 26.4 Å². The molecular formula is C20H26N4O4. The van der Waals surface area contributed by atoms with Gasteiger partial charge in [-0.2, -0.15) is 5.10 Å². The van der Waals surface area contributed by atoms with E-state index in [-0.39, 0.29) is 17.4 Å². The summed E-state index contributed by atoms with van der Waals surface area (Å²) in [6.07, 6.45) is 2.02. The summed E-state index contributed by atoms with van der Waals surface area (Å²) in [5.74, 6) is -0.442. The number of nitro benzene ring substituents is 1. The fraction of sp³-hybridized carbons (Fsp3) is 0.550. The van der Waals surface area contributed by atoms with Gasteiger partial charge in [0.1, 0.15) is 11.1 Å². The number of hydrogen-bond donors (Lipinski definition) is 2. The van der Waals surface area contributed by atoms with Gasteiger partial charge >= 0.3 is 0 Å². The number of hydrazone groups is 1. The van der Waals surface area contributed by atoms with E-state index in [1.807, 2.05) is 27.7 Å². The maximum atomic E-state index is 13.4. The molecule has 0 aliphatic heterocycles. The largest absolute Gasteiger partial charge is 0.355 e. The van der Waals surface area contributed by atoms with E-state index in [1.54, 1.807) is 0 Å². The Morgan fingerprint density at radius 1 is 1.21 bits per heavy atom. The topological polar surface area (TPSA) is 114 Å². The summed E-state index contributed by atoms with van der Waals surface area (Å²) >= 11 is 0. The van der Waals surface area contributed by atoms with E-state index in [0.29, 0.717) is 30.8 Å². The van der Waals surface area contributed by atoms with Crippen molar-refractivity contribution < 1.29 is 14.5 Å². The number of Topliss-reactive ketones (excluding diaryl/α,β-unsaturated/α-hetero) is 1. The number of nitrogens with zero attached hydrogens (tertiary/aromatic N) is 2. The van der Waals surface area contributed by atoms with Crippen molar-refractivity contribution in [2.24, 2.45) is 21.3 Å². The quantitative estimate of drug-likeness (QED) is 0.442. The summed E-state index contributed by atoms with van der Waals surface area (Å²) in [7, 11) is 0. The predicted molar refractivity (Wildman–Crippen MR) is 106 cm³/mol. The van der Waals surface area contributed by atoms with Crippen molar-refractivity contribution >= 4 is 28.8 Å². The monoisotopic (exact) mass is 386 g/mol. The Hall–Kier alpha value is -2.77. The molecule has 1 aromatic carbocycles. The van der Waals surface area contributed by atoms with Crippen molar-refractivity contribution in [1.29, 1.82) is 0 Å². The Morgan fingerprint density at radius 3 is 2.43 bits per heavy atom. The van der Waals surface area contributed by atoms with Crippen molar-refractivity contribution in [2.75, 3.05) is 12.0 Å². The molecule has 2 saturated carbocycles. The van der Waals surface area contributed by atoms with Crippen LogP contribution >= 0.6 is 0 Å². The van der Waals surface area contributed by atoms with Gasteiger partial charge in [0, 0.05) is 24.1 Å². The van der Waals surface area contributed by atoms with Crippen LogP contribution in [0.3, 0.4) is 0 Å². The summed E-state index contributed by atoms with van der Waals surface area (Å²) in [4.78, 5) is 36.7. The van der Waals surface area contributed by atoms with Gasteiger partial charge in [0.25, 0.3) is 5.69 Å². The molecule has 0 aromatic heterocycles. The highest BCUT2D eigenvalue weighted by molar-refractivity contribution is 6.50. The van der Waals surface area contributed by atoms with Gasteiger partial charge in [-0.3, -0.25) is 25.1 Å². The smallest absolute Gasteiger partial charge is 0.269 e. The lowest BCUT2D eigenvalue weighted by atomic mass is 9.64. The Bertz CT molecular complexity index is 861. The molecule has 1 aromatic rings. The lowest BCUT2D eigenvalue weighted by molar-refractivity contribution is -0.384. The summed E-state index contributed by atoms with van der Waals surface area (Å²) < 4.78 is 0. The highest BCUT2D eigenvalue weighted by atomic mass is 16.6. The molecule has 0 radical (unpaired) electrons. The fourth-order valence-corrected chi connectivity index (χ4v) is 4.64. The average Bonchev–Trinajstić information content (AvgIpc) is 2.94. The van der Waals surface area contributed by atoms with E-state index in [9.17, 15) is 19.7 Å². The van der Waals surface area contributed by atoms with Crippen LogP contribution in [-0.4, -0.2) is 28.9 Å². The van der Waals surface area contributed by atoms with Crippen molar-refractivity contribution in [3.05, 3.63) is 34.4 Å². The third kappa shape index (κ3) is 2.54. The molecule has 2 aliphatic carbocycles. The standard InChI is InChI=1S/C20H26N4O4/c1-5-12-21-17(26)20-11-10-19(4,18(20,2)3)15(16(20)25)23-22-13-6-8-14(9-7-13)24(27)28/h6-9,22H,5,10-12H2,1-4H3,(H,21,26). The van der Waals surface area contributed by atoms with Crippen LogP contribution in [0.15, 0.2) is 29.4 Å². The van der Waals surface area contributed by atoms with E-state index < -0.39 is 21.2 Å². The molecule has 2 aliphatic rings. The molecule has 3 rings (SSSR count). The zero-order valence-corrected chi connectivity index (χ0v) is 16.7. The molecule has 2 fully saturated rings. The molecule has 150 valence electrons. The summed E-state index contributed by atoms with van der Waals surface area (Å²) in [6, 6.07) is 5.82. The number of fused-ring (bicyclic) bond motifs is 2. The molecule has 2 N–H and O–H groups in total. The molecule has 2 bridgehead atoms. The van der Waals surface area contributed by atoms with Crippen LogP contribution in [0.4, 0.5) is 11.4 Å². The lowest BCUT2D eigenvalue weighted by Crippen LogP contribution is -2.50. The number of carbonyl (C=O) groups is 2. The molecule has 1 amide bonds. The molecule has 8 nitrogen and oxygen atoms in total. The first-order valence-electron chi connectivity index (χ1n) is 9.53. The number of rotatable bonds is 6. The maximum absolute atomic E-state index is 13.4. The van der Waals surface area contributed by atoms with Crippen molar-refractivity contribution in [2.45, 2.75) is 47.0 Å². The van der Waals surface area contributed by atoms with Gasteiger partial charge in [0.15, 0.2) is 5.78 Å². The van der Waals surface area contributed by atoms with Crippen LogP contribution in [0.25, 0.3) is 0 Å². The van der Waals surface area contributed by atoms with Crippen LogP contribution in [0.1, 0.15) is 47.0 Å². The molecule has 0 heterocycles. The molecule has 28 heavy (non-hydrogen) atoms. The van der Waals surface area contributed by atoms with Crippen LogP contribution in [-0.2, 0) is 9.59 Å². The van der Waals surface area contributed by atoms with Gasteiger partial charge in [-0.1, -0.05) is 27.7 Å². The predicted octanol–water partition coefficient (Wildman–Crippen LogP) is 3.28. The molecule has 8 heteroatoms. The zero-order chi connectivity index (χ0) is 20.7. The van der Waals surface area contributed by atoms with Gasteiger partial charge in [-0.25, -0.2) is 0 Å². The first-order valence-corrected chi connectivity index (χ1v) is 9.53. The Labute approximate surface area is 163 Å². The Kier molecular flexibility index (Phi) is 4.77. The normalized spacial score (nSPS) is 29.1. The van der Waals surface area contributed by atoms with E-state index in [1.165, 1.54) is 24.3 Å². The number of nitro groups is 1. The third-order valence-corrected chi connectivity index (χ3v) is 6.87. The van der Waals surface area contributed by atoms with Gasteiger partial charge < -0.3 is 5.32 Å². The van der Waals surface area contributed by atoms with Crippen molar-refractivity contribution in [3.63, 3.8) is 0 Å². The number of non-ortho nitro benzene ring substituents is 1. The molecular weight excluding hydrogens is 360 g/mol. The summed E-state index contributed by atoms with van der Waals surface area (Å²) in [5, 5.41) is 18.1. The van der Waals surface area contributed by atoms with Gasteiger partial charge in [-0.15, -0.1) is 0 Å². The van der Waals surface area contributed by atoms with Crippen LogP contribution in [0.5, 0.6) is 0 Å². The maximum Gasteiger partial charge on any atom is 0.269 e. The van der Waals surface area contributed by atoms with E-state index in [0.717, 1.165) is 6.42 Å². The van der Waals surface area contributed by atoms with Gasteiger partial charge in [0.05, 0.1) is 10.6 Å². The number of benzene rings is 1. The van der Waals surface area contributed by atoms with Crippen LogP contribution < -0.4 is 10.7 Å². The summed E-state index contributed by atoms with van der Waals surface area (Å²) in [5.41, 5.74) is 1.54. The van der Waals surface area contributed by atoms with E-state index in [2.05, 4.69) is 15.8 Å². The SMILES string of the molecule is CCCNC(=O)C12CCC(C)(C(=NNc3ccc([N+](=O)[O-])cc3)C1=O)C2(C)C. The molecule has 0 spiro atoms. The molecule has 0 saturated heterocycles. The van der Waals surface area contributed by atoms with Gasteiger partial charge in [0.2, 0.25) is 5.91 Å². The first kappa shape index (κ1) is 20.0. The van der Waals surface area contributed by atoms with E-state index in [4.69, 9.17) is 0 Å². The molecule has 2 atom stereocenters. The van der Waals surface area contributed by atoms with Crippen molar-refractivity contribution in [1.82, 2.24) is 5.32 Å². The number of carbonyl (C=O) groups excluding carboxylic acids is 2. The Balaban J connectivity index is 1.92. The zero-order valence-electron chi connectivity index (χ0n) is 16.7. The highest BCUT2D eigenvalue weighted by Crippen LogP contribution is 2.69. The van der Waals surface area contributed by atoms with Gasteiger partial charge in [-0.05, 0) is 36.8 Å². The Morgan fingerprint density at radius 2 is 1.86 bits per heavy atom. The van der Waals surface area contributed by atoms with E-state index >= 15 is 0 Å². The second-order valence-corrected chi connectivity index (χ2v) is 8.32. The number of amides is 1. The lowest BCUT2D eigenvalue weighted by Gasteiger charge is -2.37. The minimum absolute atomic E-state index is 0.0196.